The summed E-state index contributed by atoms with van der Waals surface area (Å²) in [4.78, 5) is 0. The third-order valence-electron chi connectivity index (χ3n) is 0.723. The van der Waals surface area contributed by atoms with Gasteiger partial charge >= 0.3 is 6.96 Å². The van der Waals surface area contributed by atoms with Gasteiger partial charge in [-0.15, -0.1) is 0 Å². The predicted molar refractivity (Wildman–Crippen MR) is 31.5 cm³/mol. The predicted octanol–water partition coefficient (Wildman–Crippen LogP) is -3.23. The van der Waals surface area contributed by atoms with Crippen LogP contribution in [-0.2, 0) is 4.65 Å². The van der Waals surface area contributed by atoms with Crippen LogP contribution in [0.15, 0.2) is 0 Å². The molecule has 6 nitrogen and oxygen atoms in total. The Balaban J connectivity index is 3.36. The molecule has 0 bridgehead atoms. The molecular weight excluding hydrogens is 143 g/mol. The maximum atomic E-state index is 8.52. The van der Waals surface area contributed by atoms with E-state index in [2.05, 4.69) is 4.65 Å². The van der Waals surface area contributed by atoms with Gasteiger partial charge in [0, 0.05) is 6.61 Å². The molecule has 10 heavy (non-hydrogen) atoms. The Morgan fingerprint density at radius 3 is 2.10 bits per heavy atom. The standard InChI is InChI=1S/C3H10BO6/c5-1-3(6)2-10-4(7,8)9/h3,5-9H,1-2H2/q-1/t3-/m0/s1. The lowest BCUT2D eigenvalue weighted by Crippen LogP contribution is -2.41. The summed E-state index contributed by atoms with van der Waals surface area (Å²) in [6.45, 7) is -4.90. The van der Waals surface area contributed by atoms with E-state index >= 15 is 0 Å². The van der Waals surface area contributed by atoms with E-state index < -0.39 is 26.3 Å². The Kier molecular flexibility index (Phi) is 3.80. The molecule has 0 radical (unpaired) electrons. The zero-order chi connectivity index (χ0) is 8.20. The Labute approximate surface area is 57.4 Å². The van der Waals surface area contributed by atoms with E-state index in [9.17, 15) is 0 Å². The lowest BCUT2D eigenvalue weighted by molar-refractivity contribution is -0.00187. The minimum atomic E-state index is -3.81. The SMILES string of the molecule is OC[C@H](O)CO[B-](O)(O)O. The van der Waals surface area contributed by atoms with Crippen LogP contribution in [0.3, 0.4) is 0 Å². The fraction of sp³-hybridized carbons (Fsp3) is 1.00. The second kappa shape index (κ2) is 3.86. The summed E-state index contributed by atoms with van der Waals surface area (Å²) in [7, 11) is 0. The molecule has 0 heterocycles. The Morgan fingerprint density at radius 2 is 1.80 bits per heavy atom. The molecule has 0 spiro atoms. The van der Waals surface area contributed by atoms with E-state index in [0.717, 1.165) is 0 Å². The van der Waals surface area contributed by atoms with Crippen LogP contribution >= 0.6 is 0 Å². The topological polar surface area (TPSA) is 110 Å². The summed E-state index contributed by atoms with van der Waals surface area (Å²) < 4.78 is 3.90. The highest BCUT2D eigenvalue weighted by Gasteiger charge is 2.17. The number of hydrogen-bond donors (Lipinski definition) is 5. The normalized spacial score (nSPS) is 15.3. The average Bonchev–Trinajstić information content (AvgIpc) is 1.81. The van der Waals surface area contributed by atoms with Gasteiger partial charge in [-0.25, -0.2) is 0 Å². The van der Waals surface area contributed by atoms with Crippen LogP contribution in [0.5, 0.6) is 0 Å². The zero-order valence-electron chi connectivity index (χ0n) is 5.21. The molecule has 62 valence electrons. The van der Waals surface area contributed by atoms with Crippen molar-refractivity contribution in [3.63, 3.8) is 0 Å². The molecule has 0 fully saturated rings. The van der Waals surface area contributed by atoms with Crippen LogP contribution in [0, 0.1) is 0 Å². The Hall–Kier alpha value is -0.175. The van der Waals surface area contributed by atoms with Crippen molar-refractivity contribution < 1.29 is 29.9 Å². The van der Waals surface area contributed by atoms with Crippen LogP contribution < -0.4 is 0 Å². The van der Waals surface area contributed by atoms with Crippen LogP contribution in [0.25, 0.3) is 0 Å². The molecule has 7 heteroatoms. The first-order chi connectivity index (χ1) is 4.45. The molecule has 5 N–H and O–H groups in total. The quantitative estimate of drug-likeness (QED) is 0.271. The van der Waals surface area contributed by atoms with Crippen molar-refractivity contribution in [1.82, 2.24) is 0 Å². The maximum absolute atomic E-state index is 8.52. The first-order valence-electron chi connectivity index (χ1n) is 2.69. The molecule has 0 aromatic heterocycles. The van der Waals surface area contributed by atoms with Crippen molar-refractivity contribution in [2.45, 2.75) is 6.10 Å². The van der Waals surface area contributed by atoms with Crippen molar-refractivity contribution in [3.8, 4) is 0 Å². The Bertz CT molecular complexity index is 89.5. The molecule has 0 aromatic rings. The number of hydrogen-bond acceptors (Lipinski definition) is 6. The van der Waals surface area contributed by atoms with Gasteiger partial charge in [-0.1, -0.05) is 0 Å². The fourth-order valence-electron chi connectivity index (χ4n) is 0.293. The van der Waals surface area contributed by atoms with Gasteiger partial charge in [-0.2, -0.15) is 0 Å². The summed E-state index contributed by atoms with van der Waals surface area (Å²) in [5.41, 5.74) is 0. The Morgan fingerprint density at radius 1 is 1.30 bits per heavy atom. The fourth-order valence-corrected chi connectivity index (χ4v) is 0.293. The molecular formula is C3H10BO6-. The summed E-state index contributed by atoms with van der Waals surface area (Å²) in [6.07, 6.45) is -1.22. The first-order valence-corrected chi connectivity index (χ1v) is 2.69. The van der Waals surface area contributed by atoms with E-state index in [4.69, 9.17) is 25.3 Å². The maximum Gasteiger partial charge on any atom is 0.524 e. The van der Waals surface area contributed by atoms with E-state index in [0.29, 0.717) is 0 Å². The summed E-state index contributed by atoms with van der Waals surface area (Å²) >= 11 is 0. The number of rotatable bonds is 4. The van der Waals surface area contributed by atoms with Gasteiger partial charge in [-0.05, 0) is 0 Å². The average molecular weight is 153 g/mol. The lowest BCUT2D eigenvalue weighted by atomic mass is 10.1. The van der Waals surface area contributed by atoms with Gasteiger partial charge < -0.3 is 29.9 Å². The van der Waals surface area contributed by atoms with E-state index in [1.165, 1.54) is 0 Å². The first kappa shape index (κ1) is 9.82. The van der Waals surface area contributed by atoms with Crippen molar-refractivity contribution >= 4 is 6.96 Å². The minimum Gasteiger partial charge on any atom is -0.534 e. The van der Waals surface area contributed by atoms with E-state index in [1.54, 1.807) is 0 Å². The van der Waals surface area contributed by atoms with Gasteiger partial charge in [0.25, 0.3) is 0 Å². The largest absolute Gasteiger partial charge is 0.534 e. The molecule has 0 saturated carbocycles. The molecule has 1 atom stereocenters. The van der Waals surface area contributed by atoms with Crippen LogP contribution in [0.1, 0.15) is 0 Å². The third-order valence-corrected chi connectivity index (χ3v) is 0.723. The second-order valence-corrected chi connectivity index (χ2v) is 1.83. The van der Waals surface area contributed by atoms with Crippen molar-refractivity contribution in [1.29, 1.82) is 0 Å². The van der Waals surface area contributed by atoms with E-state index in [-0.39, 0.29) is 0 Å². The van der Waals surface area contributed by atoms with Crippen molar-refractivity contribution in [2.24, 2.45) is 0 Å². The van der Waals surface area contributed by atoms with Gasteiger partial charge in [0.1, 0.15) is 0 Å². The monoisotopic (exact) mass is 153 g/mol. The number of aliphatic hydroxyl groups is 2. The molecule has 0 amide bonds. The third kappa shape index (κ3) is 5.95. The lowest BCUT2D eigenvalue weighted by Gasteiger charge is -2.23. The van der Waals surface area contributed by atoms with Gasteiger partial charge in [-0.3, -0.25) is 0 Å². The molecule has 0 unspecified atom stereocenters. The zero-order valence-corrected chi connectivity index (χ0v) is 5.21. The second-order valence-electron chi connectivity index (χ2n) is 1.83. The molecule has 0 aliphatic rings. The van der Waals surface area contributed by atoms with Gasteiger partial charge in [0.15, 0.2) is 0 Å². The van der Waals surface area contributed by atoms with Crippen LogP contribution in [0.2, 0.25) is 0 Å². The van der Waals surface area contributed by atoms with Crippen molar-refractivity contribution in [2.75, 3.05) is 13.2 Å². The molecule has 0 rings (SSSR count). The smallest absolute Gasteiger partial charge is 0.524 e. The highest BCUT2D eigenvalue weighted by Crippen LogP contribution is 1.91. The van der Waals surface area contributed by atoms with Gasteiger partial charge in [0.2, 0.25) is 0 Å². The van der Waals surface area contributed by atoms with Gasteiger partial charge in [0.05, 0.1) is 12.7 Å². The summed E-state index contributed by atoms with van der Waals surface area (Å²) in [5.74, 6) is 0. The van der Waals surface area contributed by atoms with E-state index in [1.807, 2.05) is 0 Å². The molecule has 0 aliphatic carbocycles. The highest BCUT2D eigenvalue weighted by atomic mass is 16.7. The molecule has 0 aromatic carbocycles. The summed E-state index contributed by atoms with van der Waals surface area (Å²) in [6, 6.07) is 0. The minimum absolute atomic E-state index is 0.528. The molecule has 0 saturated heterocycles. The van der Waals surface area contributed by atoms with Crippen molar-refractivity contribution in [3.05, 3.63) is 0 Å². The van der Waals surface area contributed by atoms with Crippen LogP contribution in [-0.4, -0.2) is 51.6 Å². The molecule has 0 aliphatic heterocycles. The van der Waals surface area contributed by atoms with Crippen LogP contribution in [0.4, 0.5) is 0 Å². The summed E-state index contributed by atoms with van der Waals surface area (Å²) in [5, 5.41) is 41.0. The highest BCUT2D eigenvalue weighted by molar-refractivity contribution is 6.48. The number of aliphatic hydroxyl groups excluding tert-OH is 2.